The molecule has 0 saturated carbocycles. The van der Waals surface area contributed by atoms with Gasteiger partial charge in [0.25, 0.3) is 5.91 Å². The first-order valence-electron chi connectivity index (χ1n) is 6.92. The third-order valence-electron chi connectivity index (χ3n) is 4.26. The van der Waals surface area contributed by atoms with Gasteiger partial charge in [-0.3, -0.25) is 9.59 Å². The number of piperidine rings is 1. The average molecular weight is 294 g/mol. The topological polar surface area (TPSA) is 60.9 Å². The van der Waals surface area contributed by atoms with Crippen LogP contribution in [0.2, 0.25) is 0 Å². The maximum absolute atomic E-state index is 12.3. The largest absolute Gasteiger partial charge is 0.395 e. The van der Waals surface area contributed by atoms with Crippen LogP contribution in [0.25, 0.3) is 0 Å². The van der Waals surface area contributed by atoms with Crippen molar-refractivity contribution in [1.29, 1.82) is 0 Å². The number of carbonyl (C=O) groups excluding carboxylic acids is 2. The fourth-order valence-electron chi connectivity index (χ4n) is 3.19. The van der Waals surface area contributed by atoms with Crippen LogP contribution in [-0.4, -0.2) is 59.5 Å². The van der Waals surface area contributed by atoms with Crippen LogP contribution in [0.4, 0.5) is 0 Å². The van der Waals surface area contributed by atoms with Gasteiger partial charge >= 0.3 is 0 Å². The zero-order valence-corrected chi connectivity index (χ0v) is 12.0. The van der Waals surface area contributed by atoms with Crippen molar-refractivity contribution in [3.05, 3.63) is 22.4 Å². The molecular formula is C14H18N2O3S. The summed E-state index contributed by atoms with van der Waals surface area (Å²) in [7, 11) is 0. The van der Waals surface area contributed by atoms with Crippen LogP contribution in [0.5, 0.6) is 0 Å². The number of likely N-dealkylation sites (tertiary alicyclic amines) is 2. The van der Waals surface area contributed by atoms with E-state index in [9.17, 15) is 9.59 Å². The van der Waals surface area contributed by atoms with E-state index in [4.69, 9.17) is 5.11 Å². The SMILES string of the molecule is O=C(c1ccsc1)N1CC2CCN(CCO)C(=O)C2C1. The first kappa shape index (κ1) is 13.6. The molecule has 3 rings (SSSR count). The standard InChI is InChI=1S/C14H18N2O3S/c17-5-4-15-3-1-10-7-16(8-12(10)14(15)19)13(18)11-2-6-20-9-11/h2,6,9-10,12,17H,1,3-5,7-8H2. The number of rotatable bonds is 3. The number of hydrogen-bond donors (Lipinski definition) is 1. The van der Waals surface area contributed by atoms with Gasteiger partial charge in [-0.2, -0.15) is 11.3 Å². The van der Waals surface area contributed by atoms with Gasteiger partial charge in [-0.25, -0.2) is 0 Å². The Labute approximate surface area is 121 Å². The molecule has 5 nitrogen and oxygen atoms in total. The van der Waals surface area contributed by atoms with E-state index in [0.717, 1.165) is 6.42 Å². The summed E-state index contributed by atoms with van der Waals surface area (Å²) in [6.07, 6.45) is 0.920. The van der Waals surface area contributed by atoms with Gasteiger partial charge in [-0.15, -0.1) is 0 Å². The smallest absolute Gasteiger partial charge is 0.254 e. The molecule has 0 spiro atoms. The van der Waals surface area contributed by atoms with Crippen LogP contribution in [0.15, 0.2) is 16.8 Å². The van der Waals surface area contributed by atoms with Crippen molar-refractivity contribution in [2.75, 3.05) is 32.8 Å². The van der Waals surface area contributed by atoms with Crippen molar-refractivity contribution in [2.24, 2.45) is 11.8 Å². The van der Waals surface area contributed by atoms with E-state index in [1.54, 1.807) is 9.80 Å². The highest BCUT2D eigenvalue weighted by Crippen LogP contribution is 2.32. The van der Waals surface area contributed by atoms with E-state index < -0.39 is 0 Å². The molecular weight excluding hydrogens is 276 g/mol. The molecule has 0 aliphatic carbocycles. The molecule has 2 aliphatic heterocycles. The zero-order valence-electron chi connectivity index (χ0n) is 11.2. The molecule has 2 amide bonds. The molecule has 2 saturated heterocycles. The lowest BCUT2D eigenvalue weighted by Crippen LogP contribution is -2.46. The number of β-amino-alcohol motifs (C(OH)–C–C–N with tert-alkyl or cyclic N) is 1. The molecule has 108 valence electrons. The van der Waals surface area contributed by atoms with Crippen molar-refractivity contribution in [3.8, 4) is 0 Å². The molecule has 2 unspecified atom stereocenters. The second-order valence-electron chi connectivity index (χ2n) is 5.43. The summed E-state index contributed by atoms with van der Waals surface area (Å²) in [5, 5.41) is 12.7. The maximum Gasteiger partial charge on any atom is 0.254 e. The second-order valence-corrected chi connectivity index (χ2v) is 6.21. The lowest BCUT2D eigenvalue weighted by atomic mass is 9.88. The highest BCUT2D eigenvalue weighted by molar-refractivity contribution is 7.08. The summed E-state index contributed by atoms with van der Waals surface area (Å²) in [6, 6.07) is 1.83. The summed E-state index contributed by atoms with van der Waals surface area (Å²) in [4.78, 5) is 28.2. The number of hydrogen-bond acceptors (Lipinski definition) is 4. The van der Waals surface area contributed by atoms with E-state index in [2.05, 4.69) is 0 Å². The van der Waals surface area contributed by atoms with E-state index in [-0.39, 0.29) is 30.3 Å². The summed E-state index contributed by atoms with van der Waals surface area (Å²) in [5.41, 5.74) is 0.716. The summed E-state index contributed by atoms with van der Waals surface area (Å²) >= 11 is 1.51. The number of amides is 2. The van der Waals surface area contributed by atoms with Crippen molar-refractivity contribution < 1.29 is 14.7 Å². The fourth-order valence-corrected chi connectivity index (χ4v) is 3.82. The summed E-state index contributed by atoms with van der Waals surface area (Å²) < 4.78 is 0. The van der Waals surface area contributed by atoms with Gasteiger partial charge in [0.05, 0.1) is 18.1 Å². The van der Waals surface area contributed by atoms with Gasteiger partial charge in [0.15, 0.2) is 0 Å². The van der Waals surface area contributed by atoms with Crippen molar-refractivity contribution >= 4 is 23.2 Å². The van der Waals surface area contributed by atoms with E-state index in [1.807, 2.05) is 16.8 Å². The van der Waals surface area contributed by atoms with Crippen molar-refractivity contribution in [1.82, 2.24) is 9.80 Å². The molecule has 2 fully saturated rings. The molecule has 2 atom stereocenters. The third kappa shape index (κ3) is 2.33. The predicted octanol–water partition coefficient (Wildman–Crippen LogP) is 0.661. The molecule has 0 aromatic carbocycles. The number of aliphatic hydroxyl groups is 1. The number of carbonyl (C=O) groups is 2. The Hall–Kier alpha value is -1.40. The molecule has 2 aliphatic rings. The summed E-state index contributed by atoms with van der Waals surface area (Å²) in [5.74, 6) is 0.316. The maximum atomic E-state index is 12.3. The molecule has 0 radical (unpaired) electrons. The zero-order chi connectivity index (χ0) is 14.1. The first-order chi connectivity index (χ1) is 9.70. The first-order valence-corrected chi connectivity index (χ1v) is 7.86. The molecule has 0 bridgehead atoms. The van der Waals surface area contributed by atoms with Crippen LogP contribution in [0.1, 0.15) is 16.8 Å². The Balaban J connectivity index is 1.69. The van der Waals surface area contributed by atoms with Gasteiger partial charge in [0.1, 0.15) is 0 Å². The molecule has 1 aromatic heterocycles. The highest BCUT2D eigenvalue weighted by atomic mass is 32.1. The predicted molar refractivity (Wildman–Crippen MR) is 75.5 cm³/mol. The lowest BCUT2D eigenvalue weighted by Gasteiger charge is -2.33. The van der Waals surface area contributed by atoms with Gasteiger partial charge in [0, 0.05) is 31.6 Å². The molecule has 6 heteroatoms. The van der Waals surface area contributed by atoms with Crippen LogP contribution in [0, 0.1) is 11.8 Å². The average Bonchev–Trinajstić information content (AvgIpc) is 3.10. The number of nitrogens with zero attached hydrogens (tertiary/aromatic N) is 2. The monoisotopic (exact) mass is 294 g/mol. The van der Waals surface area contributed by atoms with Gasteiger partial charge in [-0.05, 0) is 23.8 Å². The van der Waals surface area contributed by atoms with Crippen LogP contribution < -0.4 is 0 Å². The normalized spacial score (nSPS) is 25.9. The van der Waals surface area contributed by atoms with Gasteiger partial charge in [0.2, 0.25) is 5.91 Å². The number of aliphatic hydroxyl groups excluding tert-OH is 1. The fraction of sp³-hybridized carbons (Fsp3) is 0.571. The van der Waals surface area contributed by atoms with Crippen LogP contribution in [-0.2, 0) is 4.79 Å². The van der Waals surface area contributed by atoms with E-state index >= 15 is 0 Å². The molecule has 3 heterocycles. The van der Waals surface area contributed by atoms with Crippen molar-refractivity contribution in [3.63, 3.8) is 0 Å². The Morgan fingerprint density at radius 2 is 2.30 bits per heavy atom. The molecule has 20 heavy (non-hydrogen) atoms. The second kappa shape index (κ2) is 5.54. The number of fused-ring (bicyclic) bond motifs is 1. The summed E-state index contributed by atoms with van der Waals surface area (Å²) in [6.45, 7) is 2.29. The third-order valence-corrected chi connectivity index (χ3v) is 4.95. The Kier molecular flexibility index (Phi) is 3.76. The van der Waals surface area contributed by atoms with Crippen molar-refractivity contribution in [2.45, 2.75) is 6.42 Å². The minimum Gasteiger partial charge on any atom is -0.395 e. The quantitative estimate of drug-likeness (QED) is 0.891. The molecule has 1 N–H and O–H groups in total. The Bertz CT molecular complexity index is 503. The minimum atomic E-state index is -0.0853. The van der Waals surface area contributed by atoms with Crippen LogP contribution >= 0.6 is 11.3 Å². The Morgan fingerprint density at radius 3 is 3.00 bits per heavy atom. The van der Waals surface area contributed by atoms with E-state index in [0.29, 0.717) is 31.7 Å². The number of thiophene rings is 1. The lowest BCUT2D eigenvalue weighted by molar-refractivity contribution is -0.140. The minimum absolute atomic E-state index is 0.000670. The highest BCUT2D eigenvalue weighted by Gasteiger charge is 2.44. The van der Waals surface area contributed by atoms with E-state index in [1.165, 1.54) is 11.3 Å². The van der Waals surface area contributed by atoms with Gasteiger partial charge in [-0.1, -0.05) is 0 Å². The molecule has 1 aromatic rings. The van der Waals surface area contributed by atoms with Gasteiger partial charge < -0.3 is 14.9 Å². The van der Waals surface area contributed by atoms with Crippen LogP contribution in [0.3, 0.4) is 0 Å². The Morgan fingerprint density at radius 1 is 1.45 bits per heavy atom.